The molecule has 0 radical (unpaired) electrons. The molecule has 0 saturated carbocycles. The van der Waals surface area contributed by atoms with Crippen molar-refractivity contribution < 1.29 is 41.4 Å². The van der Waals surface area contributed by atoms with Crippen LogP contribution in [0.1, 0.15) is 47.1 Å². The molecule has 0 aromatic carbocycles. The Labute approximate surface area is 199 Å². The lowest BCUT2D eigenvalue weighted by atomic mass is 9.97. The van der Waals surface area contributed by atoms with Gasteiger partial charge >= 0.3 is 12.1 Å². The highest BCUT2D eigenvalue weighted by Gasteiger charge is 2.38. The Balaban J connectivity index is 0.000000429. The number of carboxylic acids is 1. The molecular formula is C21H18ClF5N4O4. The molecule has 4 heterocycles. The van der Waals surface area contributed by atoms with Gasteiger partial charge in [-0.25, -0.2) is 23.5 Å². The lowest BCUT2D eigenvalue weighted by molar-refractivity contribution is -0.192. The number of halogens is 6. The number of alkyl halides is 5. The van der Waals surface area contributed by atoms with Gasteiger partial charge in [-0.1, -0.05) is 17.7 Å². The number of carbonyl (C=O) groups excluding carboxylic acids is 1. The summed E-state index contributed by atoms with van der Waals surface area (Å²) in [6.45, 7) is 1.41. The molecule has 0 unspecified atom stereocenters. The molecule has 3 aromatic rings. The first-order valence-electron chi connectivity index (χ1n) is 10.1. The molecule has 3 aromatic heterocycles. The Hall–Kier alpha value is -3.32. The van der Waals surface area contributed by atoms with E-state index in [0.717, 1.165) is 18.5 Å². The van der Waals surface area contributed by atoms with Crippen molar-refractivity contribution in [1.82, 2.24) is 14.4 Å². The van der Waals surface area contributed by atoms with Crippen molar-refractivity contribution in [1.29, 1.82) is 0 Å². The van der Waals surface area contributed by atoms with Crippen LogP contribution in [0.3, 0.4) is 0 Å². The zero-order chi connectivity index (χ0) is 25.8. The summed E-state index contributed by atoms with van der Waals surface area (Å²) < 4.78 is 64.5. The molecule has 2 N–H and O–H groups in total. The van der Waals surface area contributed by atoms with Crippen molar-refractivity contribution in [2.75, 3.05) is 18.5 Å². The molecule has 4 rings (SSSR count). The smallest absolute Gasteiger partial charge is 0.475 e. The molecule has 0 atom stereocenters. The molecule has 14 heteroatoms. The van der Waals surface area contributed by atoms with Crippen LogP contribution in [0.25, 0.3) is 5.65 Å². The van der Waals surface area contributed by atoms with E-state index in [1.165, 1.54) is 18.2 Å². The van der Waals surface area contributed by atoms with Gasteiger partial charge in [0.1, 0.15) is 11.4 Å². The van der Waals surface area contributed by atoms with E-state index in [9.17, 15) is 26.7 Å². The predicted molar refractivity (Wildman–Crippen MR) is 114 cm³/mol. The molecule has 1 amide bonds. The summed E-state index contributed by atoms with van der Waals surface area (Å²) in [7, 11) is 0. The number of carbonyl (C=O) groups is 2. The van der Waals surface area contributed by atoms with Gasteiger partial charge in [0.2, 0.25) is 0 Å². The zero-order valence-electron chi connectivity index (χ0n) is 17.7. The number of hydrogen-bond acceptors (Lipinski definition) is 5. The van der Waals surface area contributed by atoms with Crippen LogP contribution in [0.4, 0.5) is 27.6 Å². The molecule has 1 fully saturated rings. The van der Waals surface area contributed by atoms with Crippen LogP contribution in [0.5, 0.6) is 0 Å². The third-order valence-corrected chi connectivity index (χ3v) is 5.17. The Morgan fingerprint density at radius 3 is 2.43 bits per heavy atom. The highest BCUT2D eigenvalue weighted by molar-refractivity contribution is 6.33. The van der Waals surface area contributed by atoms with Crippen LogP contribution < -0.4 is 5.32 Å². The summed E-state index contributed by atoms with van der Waals surface area (Å²) in [6, 6.07) is 5.50. The van der Waals surface area contributed by atoms with Crippen molar-refractivity contribution in [2.45, 2.75) is 31.4 Å². The van der Waals surface area contributed by atoms with E-state index in [-0.39, 0.29) is 5.69 Å². The summed E-state index contributed by atoms with van der Waals surface area (Å²) in [4.78, 5) is 29.6. The largest absolute Gasteiger partial charge is 0.490 e. The van der Waals surface area contributed by atoms with Crippen molar-refractivity contribution in [3.8, 4) is 0 Å². The van der Waals surface area contributed by atoms with Gasteiger partial charge in [-0.3, -0.25) is 4.79 Å². The highest BCUT2D eigenvalue weighted by Crippen LogP contribution is 2.29. The topological polar surface area (TPSA) is 106 Å². The summed E-state index contributed by atoms with van der Waals surface area (Å²) in [5, 5.41) is 10.2. The average molecular weight is 521 g/mol. The van der Waals surface area contributed by atoms with E-state index in [1.807, 2.05) is 6.20 Å². The van der Waals surface area contributed by atoms with Gasteiger partial charge in [0, 0.05) is 31.5 Å². The maximum atomic E-state index is 12.8. The van der Waals surface area contributed by atoms with E-state index < -0.39 is 30.2 Å². The second-order valence-corrected chi connectivity index (χ2v) is 7.77. The number of nitrogens with zero attached hydrogens (tertiary/aromatic N) is 3. The molecule has 0 spiro atoms. The van der Waals surface area contributed by atoms with Gasteiger partial charge < -0.3 is 19.6 Å². The van der Waals surface area contributed by atoms with Crippen LogP contribution in [-0.2, 0) is 9.53 Å². The Morgan fingerprint density at radius 2 is 1.83 bits per heavy atom. The first kappa shape index (κ1) is 26.3. The SMILES string of the molecule is O=C(Nc1cc(Cl)c2nc(C3CCOCC3)cn2c1)c1cccc(C(F)F)n1.O=C(O)C(F)(F)F. The Morgan fingerprint density at radius 1 is 1.17 bits per heavy atom. The fraction of sp³-hybridized carbons (Fsp3) is 0.333. The first-order chi connectivity index (χ1) is 16.5. The van der Waals surface area contributed by atoms with Gasteiger partial charge in [-0.05, 0) is 31.0 Å². The lowest BCUT2D eigenvalue weighted by Crippen LogP contribution is -2.21. The molecule has 1 saturated heterocycles. The van der Waals surface area contributed by atoms with Crippen LogP contribution in [-0.4, -0.2) is 50.7 Å². The number of carboxylic acid groups (broad SMARTS) is 1. The van der Waals surface area contributed by atoms with Crippen LogP contribution >= 0.6 is 11.6 Å². The fourth-order valence-corrected chi connectivity index (χ4v) is 3.49. The zero-order valence-corrected chi connectivity index (χ0v) is 18.5. The normalized spacial score (nSPS) is 14.5. The number of pyridine rings is 2. The van der Waals surface area contributed by atoms with E-state index in [4.69, 9.17) is 26.2 Å². The summed E-state index contributed by atoms with van der Waals surface area (Å²) in [5.41, 5.74) is 1.40. The number of ether oxygens (including phenoxy) is 1. The van der Waals surface area contributed by atoms with Crippen molar-refractivity contribution >= 4 is 34.8 Å². The minimum absolute atomic E-state index is 0.0949. The van der Waals surface area contributed by atoms with Crippen LogP contribution in [0, 0.1) is 0 Å². The number of nitrogens with one attached hydrogen (secondary N) is 1. The Kier molecular flexibility index (Phi) is 8.22. The molecular weight excluding hydrogens is 503 g/mol. The number of fused-ring (bicyclic) bond motifs is 1. The summed E-state index contributed by atoms with van der Waals surface area (Å²) in [6.07, 6.45) is -2.45. The quantitative estimate of drug-likeness (QED) is 0.464. The first-order valence-corrected chi connectivity index (χ1v) is 10.5. The number of anilines is 1. The van der Waals surface area contributed by atoms with Gasteiger partial charge in [-0.2, -0.15) is 13.2 Å². The van der Waals surface area contributed by atoms with Gasteiger partial charge in [0.25, 0.3) is 12.3 Å². The number of rotatable bonds is 4. The fourth-order valence-electron chi connectivity index (χ4n) is 3.23. The van der Waals surface area contributed by atoms with E-state index in [0.29, 0.717) is 35.5 Å². The van der Waals surface area contributed by atoms with E-state index in [2.05, 4.69) is 15.3 Å². The lowest BCUT2D eigenvalue weighted by Gasteiger charge is -2.19. The van der Waals surface area contributed by atoms with E-state index >= 15 is 0 Å². The molecule has 35 heavy (non-hydrogen) atoms. The standard InChI is InChI=1S/C19H17ClF2N4O2.C2HF3O2/c20-13-8-12(23-19(27)15-3-1-2-14(24-15)17(21)22)9-26-10-16(25-18(13)26)11-4-6-28-7-5-11;3-2(4,5)1(6)7/h1-3,8-11,17H,4-7H2,(H,23,27);(H,6,7). The molecule has 0 aliphatic carbocycles. The summed E-state index contributed by atoms with van der Waals surface area (Å²) >= 11 is 6.34. The van der Waals surface area contributed by atoms with Gasteiger partial charge in [0.05, 0.1) is 16.4 Å². The molecule has 1 aliphatic rings. The molecule has 1 aliphatic heterocycles. The molecule has 8 nitrogen and oxygen atoms in total. The van der Waals surface area contributed by atoms with Crippen molar-refractivity contribution in [3.63, 3.8) is 0 Å². The number of amides is 1. The maximum Gasteiger partial charge on any atom is 0.490 e. The molecule has 188 valence electrons. The minimum Gasteiger partial charge on any atom is -0.475 e. The predicted octanol–water partition coefficient (Wildman–Crippen LogP) is 5.10. The highest BCUT2D eigenvalue weighted by atomic mass is 35.5. The monoisotopic (exact) mass is 520 g/mol. The van der Waals surface area contributed by atoms with Gasteiger partial charge in [0.15, 0.2) is 5.65 Å². The van der Waals surface area contributed by atoms with Crippen molar-refractivity contribution in [3.05, 3.63) is 58.8 Å². The third kappa shape index (κ3) is 6.85. The molecule has 0 bridgehead atoms. The number of imidazole rings is 1. The van der Waals surface area contributed by atoms with Crippen LogP contribution in [0.15, 0.2) is 36.7 Å². The third-order valence-electron chi connectivity index (χ3n) is 4.89. The summed E-state index contributed by atoms with van der Waals surface area (Å²) in [5.74, 6) is -3.04. The maximum absolute atomic E-state index is 12.8. The number of aliphatic carboxylic acids is 1. The number of aromatic nitrogens is 3. The second kappa shape index (κ2) is 11.0. The Bertz CT molecular complexity index is 1210. The van der Waals surface area contributed by atoms with E-state index in [1.54, 1.807) is 16.7 Å². The second-order valence-electron chi connectivity index (χ2n) is 7.37. The van der Waals surface area contributed by atoms with Gasteiger partial charge in [-0.15, -0.1) is 0 Å². The number of hydrogen-bond donors (Lipinski definition) is 2. The van der Waals surface area contributed by atoms with Crippen molar-refractivity contribution in [2.24, 2.45) is 0 Å². The average Bonchev–Trinajstić information content (AvgIpc) is 3.24. The van der Waals surface area contributed by atoms with Crippen LogP contribution in [0.2, 0.25) is 5.02 Å². The minimum atomic E-state index is -5.08.